The third kappa shape index (κ3) is 4.37. The number of thiazole rings is 1. The van der Waals surface area contributed by atoms with Gasteiger partial charge in [0.2, 0.25) is 5.13 Å². The Hall–Kier alpha value is -2.38. The molecule has 7 heteroatoms. The number of halogens is 1. The molecule has 25 heavy (non-hydrogen) atoms. The summed E-state index contributed by atoms with van der Waals surface area (Å²) in [6.07, 6.45) is 1.75. The number of benzene rings is 2. The van der Waals surface area contributed by atoms with Gasteiger partial charge in [0, 0.05) is 15.4 Å². The Morgan fingerprint density at radius 3 is 2.56 bits per heavy atom. The van der Waals surface area contributed by atoms with Crippen molar-refractivity contribution in [3.8, 4) is 22.8 Å². The molecule has 0 bridgehead atoms. The van der Waals surface area contributed by atoms with Crippen LogP contribution in [0.4, 0.5) is 5.13 Å². The molecule has 128 valence electrons. The van der Waals surface area contributed by atoms with Crippen LogP contribution in [-0.4, -0.2) is 25.4 Å². The predicted molar refractivity (Wildman–Crippen MR) is 106 cm³/mol. The molecule has 0 aliphatic rings. The highest BCUT2D eigenvalue weighted by Crippen LogP contribution is 2.33. The molecule has 0 atom stereocenters. The number of rotatable bonds is 6. The second-order valence-electron chi connectivity index (χ2n) is 5.03. The number of aromatic nitrogens is 1. The average molecular weight is 418 g/mol. The first-order valence-electron chi connectivity index (χ1n) is 7.42. The zero-order valence-electron chi connectivity index (χ0n) is 13.7. The number of ether oxygens (including phenoxy) is 2. The van der Waals surface area contributed by atoms with E-state index in [1.54, 1.807) is 20.4 Å². The fourth-order valence-electron chi connectivity index (χ4n) is 2.16. The molecule has 0 amide bonds. The van der Waals surface area contributed by atoms with Crippen LogP contribution >= 0.6 is 27.3 Å². The Morgan fingerprint density at radius 2 is 1.84 bits per heavy atom. The molecule has 0 radical (unpaired) electrons. The summed E-state index contributed by atoms with van der Waals surface area (Å²) in [5.41, 5.74) is 5.78. The lowest BCUT2D eigenvalue weighted by Crippen LogP contribution is -1.92. The molecule has 0 spiro atoms. The van der Waals surface area contributed by atoms with Gasteiger partial charge in [-0.15, -0.1) is 11.3 Å². The molecule has 2 aromatic carbocycles. The van der Waals surface area contributed by atoms with Gasteiger partial charge in [-0.25, -0.2) is 4.98 Å². The van der Waals surface area contributed by atoms with Crippen LogP contribution in [0.25, 0.3) is 11.3 Å². The molecular formula is C18H16BrN3O2S. The normalized spacial score (nSPS) is 10.8. The van der Waals surface area contributed by atoms with E-state index in [0.717, 1.165) is 26.4 Å². The zero-order chi connectivity index (χ0) is 17.6. The quantitative estimate of drug-likeness (QED) is 0.450. The molecular weight excluding hydrogens is 402 g/mol. The van der Waals surface area contributed by atoms with Crippen LogP contribution in [-0.2, 0) is 0 Å². The lowest BCUT2D eigenvalue weighted by molar-refractivity contribution is 0.355. The molecule has 1 N–H and O–H groups in total. The number of hydrazone groups is 1. The maximum atomic E-state index is 5.34. The summed E-state index contributed by atoms with van der Waals surface area (Å²) in [5, 5.41) is 6.91. The molecule has 0 fully saturated rings. The van der Waals surface area contributed by atoms with Gasteiger partial charge in [-0.2, -0.15) is 5.10 Å². The Labute approximate surface area is 158 Å². The maximum absolute atomic E-state index is 5.34. The lowest BCUT2D eigenvalue weighted by Gasteiger charge is -2.08. The van der Waals surface area contributed by atoms with Crippen molar-refractivity contribution in [3.05, 3.63) is 57.9 Å². The molecule has 0 unspecified atom stereocenters. The number of hydrogen-bond donors (Lipinski definition) is 1. The third-order valence-corrected chi connectivity index (χ3v) is 4.70. The van der Waals surface area contributed by atoms with Crippen LogP contribution in [0.5, 0.6) is 11.5 Å². The largest absolute Gasteiger partial charge is 0.493 e. The third-order valence-electron chi connectivity index (χ3n) is 3.43. The first kappa shape index (κ1) is 17.4. The molecule has 3 rings (SSSR count). The minimum absolute atomic E-state index is 0.677. The van der Waals surface area contributed by atoms with E-state index in [0.29, 0.717) is 11.5 Å². The van der Waals surface area contributed by atoms with Crippen LogP contribution in [0.3, 0.4) is 0 Å². The summed E-state index contributed by atoms with van der Waals surface area (Å²) in [7, 11) is 3.23. The van der Waals surface area contributed by atoms with Gasteiger partial charge in [-0.05, 0) is 35.9 Å². The van der Waals surface area contributed by atoms with Gasteiger partial charge >= 0.3 is 0 Å². The molecule has 5 nitrogen and oxygen atoms in total. The van der Waals surface area contributed by atoms with Crippen molar-refractivity contribution in [1.29, 1.82) is 0 Å². The molecule has 0 saturated heterocycles. The van der Waals surface area contributed by atoms with Crippen LogP contribution in [0.1, 0.15) is 5.56 Å². The summed E-state index contributed by atoms with van der Waals surface area (Å²) >= 11 is 4.90. The van der Waals surface area contributed by atoms with Gasteiger partial charge in [0.25, 0.3) is 0 Å². The van der Waals surface area contributed by atoms with Crippen molar-refractivity contribution < 1.29 is 9.47 Å². The number of hydrogen-bond acceptors (Lipinski definition) is 6. The number of methoxy groups -OCH3 is 2. The fraction of sp³-hybridized carbons (Fsp3) is 0.111. The second kappa shape index (κ2) is 8.13. The highest BCUT2D eigenvalue weighted by atomic mass is 79.9. The van der Waals surface area contributed by atoms with E-state index in [1.807, 2.05) is 47.8 Å². The van der Waals surface area contributed by atoms with E-state index < -0.39 is 0 Å². The zero-order valence-corrected chi connectivity index (χ0v) is 16.1. The second-order valence-corrected chi connectivity index (χ2v) is 6.80. The van der Waals surface area contributed by atoms with Crippen molar-refractivity contribution in [1.82, 2.24) is 4.98 Å². The minimum atomic E-state index is 0.677. The van der Waals surface area contributed by atoms with Crippen molar-refractivity contribution in [3.63, 3.8) is 0 Å². The molecule has 0 aliphatic heterocycles. The average Bonchev–Trinajstić information content (AvgIpc) is 3.11. The summed E-state index contributed by atoms with van der Waals surface area (Å²) in [4.78, 5) is 4.55. The molecule has 0 saturated carbocycles. The highest BCUT2D eigenvalue weighted by molar-refractivity contribution is 9.10. The van der Waals surface area contributed by atoms with E-state index in [4.69, 9.17) is 9.47 Å². The van der Waals surface area contributed by atoms with Gasteiger partial charge in [-0.1, -0.05) is 28.1 Å². The van der Waals surface area contributed by atoms with Crippen LogP contribution in [0, 0.1) is 0 Å². The highest BCUT2D eigenvalue weighted by Gasteiger charge is 2.09. The summed E-state index contributed by atoms with van der Waals surface area (Å²) < 4.78 is 11.6. The number of nitrogens with one attached hydrogen (secondary N) is 1. The van der Waals surface area contributed by atoms with E-state index in [1.165, 1.54) is 11.3 Å². The Kier molecular flexibility index (Phi) is 5.67. The lowest BCUT2D eigenvalue weighted by atomic mass is 10.1. The van der Waals surface area contributed by atoms with Gasteiger partial charge in [-0.3, -0.25) is 5.43 Å². The predicted octanol–water partition coefficient (Wildman–Crippen LogP) is 5.04. The van der Waals surface area contributed by atoms with Gasteiger partial charge < -0.3 is 9.47 Å². The standard InChI is InChI=1S/C18H16BrN3O2S/c1-23-16-8-5-13(9-17(16)24-2)15-11-25-18(21-15)22-20-10-12-3-6-14(19)7-4-12/h3-11H,1-2H3,(H,21,22)/b20-10-. The molecule has 1 aromatic heterocycles. The van der Waals surface area contributed by atoms with Crippen LogP contribution < -0.4 is 14.9 Å². The minimum Gasteiger partial charge on any atom is -0.493 e. The number of anilines is 1. The Balaban J connectivity index is 1.71. The van der Waals surface area contributed by atoms with E-state index >= 15 is 0 Å². The van der Waals surface area contributed by atoms with Gasteiger partial charge in [0.05, 0.1) is 26.1 Å². The van der Waals surface area contributed by atoms with Crippen LogP contribution in [0.15, 0.2) is 57.4 Å². The van der Waals surface area contributed by atoms with E-state index in [-0.39, 0.29) is 0 Å². The monoisotopic (exact) mass is 417 g/mol. The van der Waals surface area contributed by atoms with E-state index in [9.17, 15) is 0 Å². The first-order valence-corrected chi connectivity index (χ1v) is 9.09. The summed E-state index contributed by atoms with van der Waals surface area (Å²) in [5.74, 6) is 1.37. The topological polar surface area (TPSA) is 55.7 Å². The molecule has 0 aliphatic carbocycles. The molecule has 3 aromatic rings. The smallest absolute Gasteiger partial charge is 0.203 e. The van der Waals surface area contributed by atoms with Crippen molar-refractivity contribution in [2.75, 3.05) is 19.6 Å². The summed E-state index contributed by atoms with van der Waals surface area (Å²) in [6.45, 7) is 0. The van der Waals surface area contributed by atoms with Gasteiger partial charge in [0.15, 0.2) is 11.5 Å². The Bertz CT molecular complexity index is 878. The van der Waals surface area contributed by atoms with Gasteiger partial charge in [0.1, 0.15) is 0 Å². The van der Waals surface area contributed by atoms with Crippen molar-refractivity contribution in [2.24, 2.45) is 5.10 Å². The SMILES string of the molecule is COc1ccc(-c2csc(N/N=C\c3ccc(Br)cc3)n2)cc1OC. The first-order chi connectivity index (χ1) is 12.2. The fourth-order valence-corrected chi connectivity index (χ4v) is 3.10. The maximum Gasteiger partial charge on any atom is 0.203 e. The number of nitrogens with zero attached hydrogens (tertiary/aromatic N) is 2. The van der Waals surface area contributed by atoms with Crippen LogP contribution in [0.2, 0.25) is 0 Å². The van der Waals surface area contributed by atoms with Crippen molar-refractivity contribution in [2.45, 2.75) is 0 Å². The van der Waals surface area contributed by atoms with E-state index in [2.05, 4.69) is 31.4 Å². The molecule has 1 heterocycles. The van der Waals surface area contributed by atoms with Crippen molar-refractivity contribution >= 4 is 38.6 Å². The summed E-state index contributed by atoms with van der Waals surface area (Å²) in [6, 6.07) is 13.6. The Morgan fingerprint density at radius 1 is 1.08 bits per heavy atom.